The van der Waals surface area contributed by atoms with Gasteiger partial charge in [0.05, 0.1) is 0 Å². The van der Waals surface area contributed by atoms with E-state index in [2.05, 4.69) is 6.92 Å². The maximum absolute atomic E-state index is 12.1. The Bertz CT molecular complexity index is 571. The molecule has 1 heterocycles. The highest BCUT2D eigenvalue weighted by Crippen LogP contribution is 2.50. The van der Waals surface area contributed by atoms with Crippen LogP contribution in [0.5, 0.6) is 0 Å². The minimum atomic E-state index is -0.346. The number of rotatable bonds is 0. The second kappa shape index (κ2) is 3.57. The van der Waals surface area contributed by atoms with Crippen LogP contribution in [-0.2, 0) is 4.79 Å². The molecular weight excluding hydrogens is 232 g/mol. The zero-order valence-corrected chi connectivity index (χ0v) is 10.5. The van der Waals surface area contributed by atoms with Crippen LogP contribution in [0.3, 0.4) is 0 Å². The van der Waals surface area contributed by atoms with Crippen molar-refractivity contribution >= 4 is 28.2 Å². The molecule has 0 aromatic heterocycles. The van der Waals surface area contributed by atoms with E-state index in [9.17, 15) is 9.59 Å². The molecule has 3 rings (SSSR count). The van der Waals surface area contributed by atoms with Crippen molar-refractivity contribution in [1.82, 2.24) is 0 Å². The summed E-state index contributed by atoms with van der Waals surface area (Å²) in [4.78, 5) is 25.1. The van der Waals surface area contributed by atoms with Crippen molar-refractivity contribution in [3.63, 3.8) is 0 Å². The maximum Gasteiger partial charge on any atom is 0.233 e. The normalized spacial score (nSPS) is 27.2. The van der Waals surface area contributed by atoms with Crippen molar-refractivity contribution in [1.29, 1.82) is 0 Å². The molecule has 0 spiro atoms. The molecule has 1 aromatic rings. The van der Waals surface area contributed by atoms with Gasteiger partial charge in [0.2, 0.25) is 11.6 Å². The van der Waals surface area contributed by atoms with Gasteiger partial charge in [-0.1, -0.05) is 38.1 Å². The number of carbonyl (C=O) groups excluding carboxylic acids is 2. The van der Waals surface area contributed by atoms with Gasteiger partial charge in [-0.25, -0.2) is 0 Å². The predicted molar refractivity (Wildman–Crippen MR) is 68.9 cm³/mol. The molecule has 0 fully saturated rings. The Balaban J connectivity index is 2.28. The minimum absolute atomic E-state index is 0.166. The molecule has 0 radical (unpaired) electrons. The lowest BCUT2D eigenvalue weighted by molar-refractivity contribution is -0.112. The Morgan fingerprint density at radius 3 is 2.35 bits per heavy atom. The highest BCUT2D eigenvalue weighted by Gasteiger charge is 2.41. The first-order valence-electron chi connectivity index (χ1n) is 5.70. The molecule has 1 aliphatic carbocycles. The van der Waals surface area contributed by atoms with Crippen LogP contribution in [-0.4, -0.2) is 16.8 Å². The summed E-state index contributed by atoms with van der Waals surface area (Å²) in [6, 6.07) is 7.41. The van der Waals surface area contributed by atoms with Gasteiger partial charge in [-0.3, -0.25) is 9.59 Å². The molecule has 17 heavy (non-hydrogen) atoms. The fraction of sp³-hybridized carbons (Fsp3) is 0.286. The molecule has 0 amide bonds. The fourth-order valence-electron chi connectivity index (χ4n) is 2.44. The number of allylic oxidation sites excluding steroid dienone is 1. The van der Waals surface area contributed by atoms with E-state index in [1.165, 1.54) is 0 Å². The Labute approximate surface area is 104 Å². The zero-order valence-electron chi connectivity index (χ0n) is 9.69. The van der Waals surface area contributed by atoms with Gasteiger partial charge < -0.3 is 0 Å². The minimum Gasteiger partial charge on any atom is -0.285 e. The van der Waals surface area contributed by atoms with E-state index in [1.807, 2.05) is 25.1 Å². The average molecular weight is 244 g/mol. The van der Waals surface area contributed by atoms with E-state index in [1.54, 1.807) is 17.8 Å². The first-order chi connectivity index (χ1) is 8.11. The fourth-order valence-corrected chi connectivity index (χ4v) is 3.86. The second-order valence-corrected chi connectivity index (χ2v) is 5.95. The van der Waals surface area contributed by atoms with E-state index in [0.29, 0.717) is 10.8 Å². The molecule has 1 aliphatic heterocycles. The molecule has 1 aromatic carbocycles. The van der Waals surface area contributed by atoms with Gasteiger partial charge in [-0.2, -0.15) is 0 Å². The highest BCUT2D eigenvalue weighted by molar-refractivity contribution is 8.09. The Kier molecular flexibility index (Phi) is 2.26. The van der Waals surface area contributed by atoms with Crippen molar-refractivity contribution in [3.8, 4) is 0 Å². The van der Waals surface area contributed by atoms with E-state index >= 15 is 0 Å². The number of Topliss-reactive ketones (excluding diaryl/α,β-unsaturated/α-hetero) is 2. The topological polar surface area (TPSA) is 34.1 Å². The Morgan fingerprint density at radius 1 is 1.00 bits per heavy atom. The summed E-state index contributed by atoms with van der Waals surface area (Å²) in [6.07, 6.45) is 0. The summed E-state index contributed by atoms with van der Waals surface area (Å²) in [5, 5.41) is 0.364. The van der Waals surface area contributed by atoms with Crippen LogP contribution < -0.4 is 0 Å². The number of carbonyl (C=O) groups is 2. The SMILES string of the molecule is CC1SC2=C(C(=O)C(=O)c3ccccc32)C1C. The number of hydrogen-bond acceptors (Lipinski definition) is 3. The van der Waals surface area contributed by atoms with Crippen LogP contribution in [0, 0.1) is 5.92 Å². The Morgan fingerprint density at radius 2 is 1.65 bits per heavy atom. The third-order valence-corrected chi connectivity index (χ3v) is 5.03. The molecule has 3 heteroatoms. The molecule has 2 nitrogen and oxygen atoms in total. The predicted octanol–water partition coefficient (Wildman–Crippen LogP) is 2.93. The quantitative estimate of drug-likeness (QED) is 0.658. The van der Waals surface area contributed by atoms with Crippen LogP contribution >= 0.6 is 11.8 Å². The standard InChI is InChI=1S/C14H12O2S/c1-7-8(2)17-14-10-6-4-3-5-9(10)12(15)13(16)11(7)14/h3-8H,1-2H3. The van der Waals surface area contributed by atoms with Gasteiger partial charge in [0.15, 0.2) is 0 Å². The van der Waals surface area contributed by atoms with Gasteiger partial charge >= 0.3 is 0 Å². The highest BCUT2D eigenvalue weighted by atomic mass is 32.2. The summed E-state index contributed by atoms with van der Waals surface area (Å²) in [7, 11) is 0. The second-order valence-electron chi connectivity index (χ2n) is 4.56. The molecule has 0 bridgehead atoms. The Hall–Kier alpha value is -1.35. The van der Waals surface area contributed by atoms with Crippen molar-refractivity contribution in [2.24, 2.45) is 5.92 Å². The van der Waals surface area contributed by atoms with Crippen LogP contribution in [0.1, 0.15) is 29.8 Å². The molecule has 2 atom stereocenters. The van der Waals surface area contributed by atoms with E-state index < -0.39 is 0 Å². The maximum atomic E-state index is 12.1. The van der Waals surface area contributed by atoms with Gasteiger partial charge in [-0.05, 0) is 11.5 Å². The smallest absolute Gasteiger partial charge is 0.233 e. The summed E-state index contributed by atoms with van der Waals surface area (Å²) in [5.74, 6) is -0.483. The first-order valence-corrected chi connectivity index (χ1v) is 6.58. The molecule has 0 saturated carbocycles. The average Bonchev–Trinajstić information content (AvgIpc) is 2.63. The van der Waals surface area contributed by atoms with E-state index in [-0.39, 0.29) is 17.5 Å². The van der Waals surface area contributed by atoms with Gasteiger partial charge in [0.25, 0.3) is 0 Å². The number of thioether (sulfide) groups is 1. The number of fused-ring (bicyclic) bond motifs is 2. The summed E-state index contributed by atoms with van der Waals surface area (Å²) in [5.41, 5.74) is 2.23. The molecule has 2 unspecified atom stereocenters. The van der Waals surface area contributed by atoms with Crippen LogP contribution in [0.4, 0.5) is 0 Å². The zero-order chi connectivity index (χ0) is 12.2. The van der Waals surface area contributed by atoms with Crippen LogP contribution in [0.15, 0.2) is 29.8 Å². The number of benzene rings is 1. The number of hydrogen-bond donors (Lipinski definition) is 0. The van der Waals surface area contributed by atoms with Crippen molar-refractivity contribution < 1.29 is 9.59 Å². The molecule has 86 valence electrons. The summed E-state index contributed by atoms with van der Waals surface area (Å²) < 4.78 is 0. The van der Waals surface area contributed by atoms with E-state index in [4.69, 9.17) is 0 Å². The van der Waals surface area contributed by atoms with E-state index in [0.717, 1.165) is 16.0 Å². The van der Waals surface area contributed by atoms with Crippen LogP contribution in [0.2, 0.25) is 0 Å². The van der Waals surface area contributed by atoms with Gasteiger partial charge in [0.1, 0.15) is 0 Å². The first kappa shape index (κ1) is 10.8. The molecule has 2 aliphatic rings. The monoisotopic (exact) mass is 244 g/mol. The van der Waals surface area contributed by atoms with Crippen LogP contribution in [0.25, 0.3) is 4.91 Å². The largest absolute Gasteiger partial charge is 0.285 e. The van der Waals surface area contributed by atoms with Crippen molar-refractivity contribution in [2.45, 2.75) is 19.1 Å². The number of ketones is 2. The van der Waals surface area contributed by atoms with Crippen molar-refractivity contribution in [3.05, 3.63) is 41.0 Å². The lowest BCUT2D eigenvalue weighted by Crippen LogP contribution is -2.25. The van der Waals surface area contributed by atoms with Crippen molar-refractivity contribution in [2.75, 3.05) is 0 Å². The lowest BCUT2D eigenvalue weighted by Gasteiger charge is -2.17. The van der Waals surface area contributed by atoms with Gasteiger partial charge in [0, 0.05) is 21.3 Å². The molecule has 0 N–H and O–H groups in total. The summed E-state index contributed by atoms with van der Waals surface area (Å²) >= 11 is 1.71. The third kappa shape index (κ3) is 1.35. The molecular formula is C14H12O2S. The summed E-state index contributed by atoms with van der Waals surface area (Å²) in [6.45, 7) is 4.13. The third-order valence-electron chi connectivity index (χ3n) is 3.58. The van der Waals surface area contributed by atoms with Gasteiger partial charge in [-0.15, -0.1) is 11.8 Å². The lowest BCUT2D eigenvalue weighted by atomic mass is 9.83. The molecule has 0 saturated heterocycles.